The maximum Gasteiger partial charge on any atom is 0.266 e. The zero-order valence-electron chi connectivity index (χ0n) is 14.6. The molecule has 2 heterocycles. The fourth-order valence-corrected chi connectivity index (χ4v) is 3.54. The molecular weight excluding hydrogens is 370 g/mol. The van der Waals surface area contributed by atoms with Gasteiger partial charge in [0.1, 0.15) is 0 Å². The van der Waals surface area contributed by atoms with Crippen LogP contribution in [-0.2, 0) is 0 Å². The number of hydrogen-bond acceptors (Lipinski definition) is 4. The number of rotatable bonds is 3. The molecule has 0 amide bonds. The Balaban J connectivity index is 1.51. The molecule has 0 radical (unpaired) electrons. The van der Waals surface area contributed by atoms with E-state index in [2.05, 4.69) is 20.3 Å². The number of para-hydroxylation sites is 3. The lowest BCUT2D eigenvalue weighted by Gasteiger charge is -2.09. The predicted molar refractivity (Wildman–Crippen MR) is 114 cm³/mol. The van der Waals surface area contributed by atoms with Crippen LogP contribution < -0.4 is 10.9 Å². The van der Waals surface area contributed by atoms with E-state index in [1.807, 2.05) is 66.7 Å². The average molecular weight is 385 g/mol. The van der Waals surface area contributed by atoms with Gasteiger partial charge in [-0.1, -0.05) is 24.3 Å². The van der Waals surface area contributed by atoms with E-state index in [0.29, 0.717) is 21.8 Å². The van der Waals surface area contributed by atoms with Crippen molar-refractivity contribution in [2.75, 3.05) is 5.32 Å². The molecule has 0 saturated heterocycles. The molecule has 5 rings (SSSR count). The fourth-order valence-electron chi connectivity index (χ4n) is 3.24. The molecule has 0 bridgehead atoms. The first kappa shape index (κ1) is 16.5. The van der Waals surface area contributed by atoms with Crippen LogP contribution in [0, 0.1) is 4.77 Å². The van der Waals surface area contributed by atoms with Crippen molar-refractivity contribution in [3.8, 4) is 5.69 Å². The van der Waals surface area contributed by atoms with Crippen molar-refractivity contribution >= 4 is 45.8 Å². The van der Waals surface area contributed by atoms with Gasteiger partial charge in [0.25, 0.3) is 5.56 Å². The summed E-state index contributed by atoms with van der Waals surface area (Å²) in [6.07, 6.45) is 0. The number of aromatic amines is 2. The molecule has 5 aromatic rings. The Kier molecular flexibility index (Phi) is 3.80. The third-order valence-electron chi connectivity index (χ3n) is 4.58. The molecule has 0 fully saturated rings. The number of nitrogens with zero attached hydrogens (tertiary/aromatic N) is 2. The Labute approximate surface area is 164 Å². The molecule has 2 aromatic heterocycles. The number of H-pyrrole nitrogens is 2. The number of anilines is 2. The maximum atomic E-state index is 12.9. The summed E-state index contributed by atoms with van der Waals surface area (Å²) in [5.74, 6) is 0.661. The molecule has 0 spiro atoms. The van der Waals surface area contributed by atoms with Crippen LogP contribution in [0.4, 0.5) is 11.6 Å². The molecule has 0 unspecified atom stereocenters. The number of fused-ring (bicyclic) bond motifs is 2. The van der Waals surface area contributed by atoms with Gasteiger partial charge in [0.15, 0.2) is 4.77 Å². The summed E-state index contributed by atoms with van der Waals surface area (Å²) < 4.78 is 1.87. The summed E-state index contributed by atoms with van der Waals surface area (Å²) >= 11 is 5.40. The highest BCUT2D eigenvalue weighted by Gasteiger charge is 2.08. The second-order valence-electron chi connectivity index (χ2n) is 6.39. The smallest absolute Gasteiger partial charge is 0.266 e. The van der Waals surface area contributed by atoms with Gasteiger partial charge in [0.05, 0.1) is 27.6 Å². The van der Waals surface area contributed by atoms with Crippen molar-refractivity contribution in [2.45, 2.75) is 0 Å². The van der Waals surface area contributed by atoms with Gasteiger partial charge < -0.3 is 15.3 Å². The van der Waals surface area contributed by atoms with Crippen molar-refractivity contribution in [3.63, 3.8) is 0 Å². The van der Waals surface area contributed by atoms with Crippen molar-refractivity contribution in [3.05, 3.63) is 87.9 Å². The van der Waals surface area contributed by atoms with Gasteiger partial charge in [0.2, 0.25) is 5.95 Å². The zero-order chi connectivity index (χ0) is 19.1. The van der Waals surface area contributed by atoms with E-state index in [1.165, 1.54) is 4.57 Å². The minimum Gasteiger partial charge on any atom is -0.331 e. The van der Waals surface area contributed by atoms with Gasteiger partial charge in [-0.25, -0.2) is 4.98 Å². The van der Waals surface area contributed by atoms with Crippen LogP contribution in [0.5, 0.6) is 0 Å². The van der Waals surface area contributed by atoms with Crippen LogP contribution in [0.15, 0.2) is 77.6 Å². The summed E-state index contributed by atoms with van der Waals surface area (Å²) in [5, 5.41) is 3.84. The van der Waals surface area contributed by atoms with E-state index in [0.717, 1.165) is 22.2 Å². The SMILES string of the molecule is O=c1c2ccccc2[nH]c(=S)n1-c1ccc(Nc2nc3ccccc3[nH]2)cc1. The molecule has 3 aromatic carbocycles. The van der Waals surface area contributed by atoms with Crippen LogP contribution in [0.2, 0.25) is 0 Å². The Hall–Kier alpha value is -3.71. The summed E-state index contributed by atoms with van der Waals surface area (Å²) in [6.45, 7) is 0. The lowest BCUT2D eigenvalue weighted by molar-refractivity contribution is 0.940. The number of aromatic nitrogens is 4. The Morgan fingerprint density at radius 3 is 2.36 bits per heavy atom. The Morgan fingerprint density at radius 2 is 1.57 bits per heavy atom. The molecule has 0 saturated carbocycles. The van der Waals surface area contributed by atoms with Gasteiger partial charge in [-0.15, -0.1) is 0 Å². The first-order valence-corrected chi connectivity index (χ1v) is 9.16. The van der Waals surface area contributed by atoms with Gasteiger partial charge in [0, 0.05) is 5.69 Å². The van der Waals surface area contributed by atoms with Crippen LogP contribution in [0.3, 0.4) is 0 Å². The van der Waals surface area contributed by atoms with Crippen molar-refractivity contribution < 1.29 is 0 Å². The number of nitrogens with one attached hydrogen (secondary N) is 3. The monoisotopic (exact) mass is 385 g/mol. The molecular formula is C21H15N5OS. The minimum atomic E-state index is -0.141. The van der Waals surface area contributed by atoms with Crippen molar-refractivity contribution in [2.24, 2.45) is 0 Å². The highest BCUT2D eigenvalue weighted by molar-refractivity contribution is 7.71. The second-order valence-corrected chi connectivity index (χ2v) is 6.78. The number of benzene rings is 3. The topological polar surface area (TPSA) is 78.5 Å². The first-order chi connectivity index (χ1) is 13.7. The summed E-state index contributed by atoms with van der Waals surface area (Å²) in [6, 6.07) is 22.7. The Morgan fingerprint density at radius 1 is 0.857 bits per heavy atom. The van der Waals surface area contributed by atoms with Gasteiger partial charge in [-0.3, -0.25) is 9.36 Å². The predicted octanol–water partition coefficient (Wildman–Crippen LogP) is 4.67. The quantitative estimate of drug-likeness (QED) is 0.395. The second kappa shape index (κ2) is 6.47. The van der Waals surface area contributed by atoms with Crippen molar-refractivity contribution in [1.29, 1.82) is 0 Å². The standard InChI is InChI=1S/C21H15N5OS/c27-19-15-5-1-2-6-16(15)25-21(28)26(19)14-11-9-13(10-12-14)22-20-23-17-7-3-4-8-18(17)24-20/h1-12H,(H,25,28)(H2,22,23,24). The van der Waals surface area contributed by atoms with Crippen LogP contribution in [-0.4, -0.2) is 19.5 Å². The third-order valence-corrected chi connectivity index (χ3v) is 4.87. The lowest BCUT2D eigenvalue weighted by atomic mass is 10.2. The molecule has 136 valence electrons. The average Bonchev–Trinajstić information content (AvgIpc) is 3.11. The largest absolute Gasteiger partial charge is 0.331 e. The van der Waals surface area contributed by atoms with E-state index in [-0.39, 0.29) is 5.56 Å². The van der Waals surface area contributed by atoms with E-state index in [1.54, 1.807) is 6.07 Å². The van der Waals surface area contributed by atoms with E-state index < -0.39 is 0 Å². The molecule has 0 atom stereocenters. The molecule has 0 aliphatic carbocycles. The Bertz CT molecular complexity index is 1400. The lowest BCUT2D eigenvalue weighted by Crippen LogP contribution is -2.20. The summed E-state index contributed by atoms with van der Waals surface area (Å²) in [7, 11) is 0. The third kappa shape index (κ3) is 2.78. The van der Waals surface area contributed by atoms with Gasteiger partial charge in [-0.05, 0) is 60.7 Å². The maximum absolute atomic E-state index is 12.9. The number of imidazole rings is 1. The van der Waals surface area contributed by atoms with Gasteiger partial charge in [-0.2, -0.15) is 0 Å². The van der Waals surface area contributed by atoms with E-state index in [4.69, 9.17) is 12.2 Å². The molecule has 7 heteroatoms. The molecule has 0 aliphatic rings. The number of hydrogen-bond donors (Lipinski definition) is 3. The highest BCUT2D eigenvalue weighted by atomic mass is 32.1. The molecule has 6 nitrogen and oxygen atoms in total. The minimum absolute atomic E-state index is 0.141. The van der Waals surface area contributed by atoms with Crippen LogP contribution in [0.1, 0.15) is 0 Å². The van der Waals surface area contributed by atoms with E-state index >= 15 is 0 Å². The van der Waals surface area contributed by atoms with Gasteiger partial charge >= 0.3 is 0 Å². The van der Waals surface area contributed by atoms with Crippen LogP contribution >= 0.6 is 12.2 Å². The highest BCUT2D eigenvalue weighted by Crippen LogP contribution is 2.19. The van der Waals surface area contributed by atoms with Crippen LogP contribution in [0.25, 0.3) is 27.6 Å². The van der Waals surface area contributed by atoms with E-state index in [9.17, 15) is 4.79 Å². The molecule has 3 N–H and O–H groups in total. The normalized spacial score (nSPS) is 11.1. The van der Waals surface area contributed by atoms with Crippen molar-refractivity contribution in [1.82, 2.24) is 19.5 Å². The first-order valence-electron chi connectivity index (χ1n) is 8.75. The summed E-state index contributed by atoms with van der Waals surface area (Å²) in [5.41, 5.74) is 4.01. The zero-order valence-corrected chi connectivity index (χ0v) is 15.5. The molecule has 28 heavy (non-hydrogen) atoms. The molecule has 0 aliphatic heterocycles. The fraction of sp³-hybridized carbons (Fsp3) is 0. The summed E-state index contributed by atoms with van der Waals surface area (Å²) in [4.78, 5) is 23.7.